The Morgan fingerprint density at radius 3 is 3.11 bits per heavy atom. The number of amides is 1. The van der Waals surface area contributed by atoms with Gasteiger partial charge < -0.3 is 20.7 Å². The number of aryl methyl sites for hydroxylation is 1. The van der Waals surface area contributed by atoms with Gasteiger partial charge in [0.2, 0.25) is 0 Å². The van der Waals surface area contributed by atoms with E-state index in [-0.39, 0.29) is 12.1 Å². The third-order valence-electron chi connectivity index (χ3n) is 3.16. The van der Waals surface area contributed by atoms with Gasteiger partial charge in [-0.05, 0) is 25.0 Å². The predicted octanol–water partition coefficient (Wildman–Crippen LogP) is 0.907. The van der Waals surface area contributed by atoms with Crippen LogP contribution in [0.5, 0.6) is 0 Å². The van der Waals surface area contributed by atoms with Gasteiger partial charge in [-0.3, -0.25) is 0 Å². The number of hydrogen-bond donors (Lipinski definition) is 2. The van der Waals surface area contributed by atoms with E-state index in [1.807, 2.05) is 13.0 Å². The van der Waals surface area contributed by atoms with Crippen molar-refractivity contribution >= 4 is 17.6 Å². The van der Waals surface area contributed by atoms with Crippen molar-refractivity contribution in [2.75, 3.05) is 30.8 Å². The molecule has 1 aliphatic rings. The first-order chi connectivity index (χ1) is 8.60. The maximum Gasteiger partial charge on any atom is 0.407 e. The summed E-state index contributed by atoms with van der Waals surface area (Å²) < 4.78 is 4.59. The number of methoxy groups -OCH3 is 1. The summed E-state index contributed by atoms with van der Waals surface area (Å²) >= 11 is 0. The molecule has 0 aliphatic carbocycles. The molecule has 3 N–H and O–H groups in total. The highest BCUT2D eigenvalue weighted by molar-refractivity contribution is 5.67. The molecule has 1 aromatic heterocycles. The molecule has 2 heterocycles. The van der Waals surface area contributed by atoms with Crippen LogP contribution in [0, 0.1) is 6.92 Å². The van der Waals surface area contributed by atoms with E-state index >= 15 is 0 Å². The number of ether oxygens (including phenoxy) is 1. The number of rotatable bonds is 2. The van der Waals surface area contributed by atoms with Crippen LogP contribution in [-0.4, -0.2) is 37.3 Å². The fraction of sp³-hybridized carbons (Fsp3) is 0.500. The standard InChI is InChI=1S/C12H18N4O2/c1-8-5-11(14-6-10(8)13)16-4-3-9(7-16)15-12(17)18-2/h5-6,9H,3-4,7,13H2,1-2H3,(H,15,17). The van der Waals surface area contributed by atoms with Gasteiger partial charge in [0.15, 0.2) is 0 Å². The molecule has 98 valence electrons. The molecular weight excluding hydrogens is 232 g/mol. The quantitative estimate of drug-likeness (QED) is 0.815. The minimum atomic E-state index is -0.386. The van der Waals surface area contributed by atoms with Gasteiger partial charge in [0.1, 0.15) is 5.82 Å². The van der Waals surface area contributed by atoms with Gasteiger partial charge in [-0.2, -0.15) is 0 Å². The second kappa shape index (κ2) is 5.12. The van der Waals surface area contributed by atoms with Gasteiger partial charge >= 0.3 is 6.09 Å². The van der Waals surface area contributed by atoms with Crippen molar-refractivity contribution in [3.63, 3.8) is 0 Å². The molecule has 1 amide bonds. The van der Waals surface area contributed by atoms with Crippen molar-refractivity contribution in [3.05, 3.63) is 17.8 Å². The number of aromatic nitrogens is 1. The maximum atomic E-state index is 11.1. The molecule has 0 radical (unpaired) electrons. The van der Waals surface area contributed by atoms with Gasteiger partial charge in [-0.1, -0.05) is 0 Å². The molecule has 0 spiro atoms. The van der Waals surface area contributed by atoms with Crippen LogP contribution < -0.4 is 16.0 Å². The molecule has 0 saturated carbocycles. The maximum absolute atomic E-state index is 11.1. The normalized spacial score (nSPS) is 18.8. The summed E-state index contributed by atoms with van der Waals surface area (Å²) in [5.74, 6) is 0.899. The summed E-state index contributed by atoms with van der Waals surface area (Å²) in [6.45, 7) is 3.57. The SMILES string of the molecule is COC(=O)NC1CCN(c2cc(C)c(N)cn2)C1. The summed E-state index contributed by atoms with van der Waals surface area (Å²) in [5, 5.41) is 2.80. The topological polar surface area (TPSA) is 80.5 Å². The van der Waals surface area contributed by atoms with Gasteiger partial charge in [-0.25, -0.2) is 9.78 Å². The monoisotopic (exact) mass is 250 g/mol. The van der Waals surface area contributed by atoms with E-state index in [0.29, 0.717) is 5.69 Å². The molecule has 2 rings (SSSR count). The first-order valence-electron chi connectivity index (χ1n) is 5.91. The minimum absolute atomic E-state index is 0.108. The van der Waals surface area contributed by atoms with Crippen molar-refractivity contribution in [3.8, 4) is 0 Å². The van der Waals surface area contributed by atoms with Crippen LogP contribution in [0.2, 0.25) is 0 Å². The first-order valence-corrected chi connectivity index (χ1v) is 5.91. The van der Waals surface area contributed by atoms with E-state index in [1.165, 1.54) is 7.11 Å². The summed E-state index contributed by atoms with van der Waals surface area (Å²) in [6, 6.07) is 2.08. The number of nitrogen functional groups attached to an aromatic ring is 1. The molecule has 1 fully saturated rings. The lowest BCUT2D eigenvalue weighted by Gasteiger charge is -2.18. The molecule has 18 heavy (non-hydrogen) atoms. The number of pyridine rings is 1. The fourth-order valence-corrected chi connectivity index (χ4v) is 2.04. The van der Waals surface area contributed by atoms with Gasteiger partial charge in [0.25, 0.3) is 0 Å². The molecule has 0 bridgehead atoms. The van der Waals surface area contributed by atoms with E-state index < -0.39 is 0 Å². The molecule has 1 atom stereocenters. The van der Waals surface area contributed by atoms with E-state index in [0.717, 1.165) is 30.9 Å². The number of nitrogens with two attached hydrogens (primary N) is 1. The first kappa shape index (κ1) is 12.5. The van der Waals surface area contributed by atoms with Crippen LogP contribution in [0.4, 0.5) is 16.3 Å². The Kier molecular flexibility index (Phi) is 3.55. The zero-order valence-corrected chi connectivity index (χ0v) is 10.6. The number of carbonyl (C=O) groups is 1. The van der Waals surface area contributed by atoms with Crippen LogP contribution in [0.15, 0.2) is 12.3 Å². The van der Waals surface area contributed by atoms with E-state index in [9.17, 15) is 4.79 Å². The van der Waals surface area contributed by atoms with Gasteiger partial charge in [0.05, 0.1) is 25.0 Å². The average molecular weight is 250 g/mol. The summed E-state index contributed by atoms with van der Waals surface area (Å²) in [4.78, 5) is 17.6. The zero-order chi connectivity index (χ0) is 13.1. The van der Waals surface area contributed by atoms with Crippen LogP contribution in [0.1, 0.15) is 12.0 Å². The molecule has 1 aromatic rings. The number of hydrogen-bond acceptors (Lipinski definition) is 5. The van der Waals surface area contributed by atoms with Gasteiger partial charge in [-0.15, -0.1) is 0 Å². The largest absolute Gasteiger partial charge is 0.453 e. The zero-order valence-electron chi connectivity index (χ0n) is 10.6. The molecule has 0 aromatic carbocycles. The van der Waals surface area contributed by atoms with E-state index in [2.05, 4.69) is 19.9 Å². The van der Waals surface area contributed by atoms with Crippen molar-refractivity contribution in [2.24, 2.45) is 0 Å². The van der Waals surface area contributed by atoms with Crippen molar-refractivity contribution in [1.82, 2.24) is 10.3 Å². The molecule has 1 unspecified atom stereocenters. The Labute approximate surface area is 106 Å². The third-order valence-corrected chi connectivity index (χ3v) is 3.16. The number of nitrogens with zero attached hydrogens (tertiary/aromatic N) is 2. The number of carbonyl (C=O) groups excluding carboxylic acids is 1. The minimum Gasteiger partial charge on any atom is -0.453 e. The Bertz CT molecular complexity index is 450. The molecule has 6 heteroatoms. The Morgan fingerprint density at radius 2 is 2.44 bits per heavy atom. The lowest BCUT2D eigenvalue weighted by atomic mass is 10.2. The summed E-state index contributed by atoms with van der Waals surface area (Å²) in [5.41, 5.74) is 7.46. The highest BCUT2D eigenvalue weighted by Crippen LogP contribution is 2.21. The van der Waals surface area contributed by atoms with Gasteiger partial charge in [0, 0.05) is 13.1 Å². The second-order valence-electron chi connectivity index (χ2n) is 4.47. The van der Waals surface area contributed by atoms with Crippen LogP contribution in [0.3, 0.4) is 0 Å². The highest BCUT2D eigenvalue weighted by Gasteiger charge is 2.25. The number of anilines is 2. The molecule has 1 saturated heterocycles. The fourth-order valence-electron chi connectivity index (χ4n) is 2.04. The lowest BCUT2D eigenvalue weighted by Crippen LogP contribution is -2.37. The molecular formula is C12H18N4O2. The van der Waals surface area contributed by atoms with E-state index in [1.54, 1.807) is 6.20 Å². The number of nitrogens with one attached hydrogen (secondary N) is 1. The van der Waals surface area contributed by atoms with Crippen LogP contribution in [-0.2, 0) is 4.74 Å². The average Bonchev–Trinajstić information content (AvgIpc) is 2.81. The number of alkyl carbamates (subject to hydrolysis) is 1. The Hall–Kier alpha value is -1.98. The lowest BCUT2D eigenvalue weighted by molar-refractivity contribution is 0.167. The van der Waals surface area contributed by atoms with Crippen molar-refractivity contribution < 1.29 is 9.53 Å². The molecule has 1 aliphatic heterocycles. The Morgan fingerprint density at radius 1 is 1.67 bits per heavy atom. The van der Waals surface area contributed by atoms with Crippen molar-refractivity contribution in [2.45, 2.75) is 19.4 Å². The Balaban J connectivity index is 1.99. The smallest absolute Gasteiger partial charge is 0.407 e. The predicted molar refractivity (Wildman–Crippen MR) is 69.5 cm³/mol. The van der Waals surface area contributed by atoms with Crippen LogP contribution >= 0.6 is 0 Å². The molecule has 6 nitrogen and oxygen atoms in total. The summed E-state index contributed by atoms with van der Waals surface area (Å²) in [7, 11) is 1.37. The highest BCUT2D eigenvalue weighted by atomic mass is 16.5. The second-order valence-corrected chi connectivity index (χ2v) is 4.47. The van der Waals surface area contributed by atoms with Crippen LogP contribution in [0.25, 0.3) is 0 Å². The summed E-state index contributed by atoms with van der Waals surface area (Å²) in [6.07, 6.45) is 2.18. The van der Waals surface area contributed by atoms with Crippen molar-refractivity contribution in [1.29, 1.82) is 0 Å². The third kappa shape index (κ3) is 2.64. The van der Waals surface area contributed by atoms with E-state index in [4.69, 9.17) is 5.73 Å².